The van der Waals surface area contributed by atoms with Gasteiger partial charge in [0, 0.05) is 4.90 Å². The molecule has 0 unspecified atom stereocenters. The van der Waals surface area contributed by atoms with E-state index in [0.29, 0.717) is 0 Å². The van der Waals surface area contributed by atoms with Gasteiger partial charge >= 0.3 is 0 Å². The Morgan fingerprint density at radius 1 is 1.45 bits per heavy atom. The molecule has 0 nitrogen and oxygen atoms in total. The van der Waals surface area contributed by atoms with Gasteiger partial charge < -0.3 is 0 Å². The summed E-state index contributed by atoms with van der Waals surface area (Å²) in [6.07, 6.45) is 1.13. The minimum Gasteiger partial charge on any atom is -0.207 e. The summed E-state index contributed by atoms with van der Waals surface area (Å²) in [7, 11) is 0. The molecule has 0 spiro atoms. The smallest absolute Gasteiger partial charge is 0.124 e. The summed E-state index contributed by atoms with van der Waals surface area (Å²) in [5, 5.41) is 0. The Kier molecular flexibility index (Phi) is 3.43. The monoisotopic (exact) mass is 170 g/mol. The number of hydrogen-bond acceptors (Lipinski definition) is 1. The summed E-state index contributed by atoms with van der Waals surface area (Å²) in [6.45, 7) is 2.12. The summed E-state index contributed by atoms with van der Waals surface area (Å²) in [4.78, 5) is 1.02. The first-order valence-electron chi connectivity index (χ1n) is 3.71. The van der Waals surface area contributed by atoms with E-state index in [-0.39, 0.29) is 5.82 Å². The maximum absolute atomic E-state index is 12.6. The van der Waals surface area contributed by atoms with Crippen molar-refractivity contribution in [2.75, 3.05) is 5.75 Å². The predicted octanol–water partition coefficient (Wildman–Crippen LogP) is 3.33. The number of rotatable bonds is 3. The number of hydrogen-bond donors (Lipinski definition) is 0. The topological polar surface area (TPSA) is 0 Å². The van der Waals surface area contributed by atoms with Gasteiger partial charge in [0.25, 0.3) is 0 Å². The van der Waals surface area contributed by atoms with Crippen LogP contribution < -0.4 is 0 Å². The Morgan fingerprint density at radius 2 is 2.27 bits per heavy atom. The molecule has 1 aromatic rings. The molecular weight excluding hydrogens is 159 g/mol. The minimum absolute atomic E-state index is 0.147. The number of halogens is 1. The highest BCUT2D eigenvalue weighted by molar-refractivity contribution is 7.99. The fraction of sp³-hybridized carbons (Fsp3) is 0.333. The maximum Gasteiger partial charge on any atom is 0.124 e. The SMILES string of the molecule is CCCSc1cccc(F)c1. The first-order chi connectivity index (χ1) is 5.33. The van der Waals surface area contributed by atoms with Gasteiger partial charge in [-0.05, 0) is 30.4 Å². The van der Waals surface area contributed by atoms with E-state index in [4.69, 9.17) is 0 Å². The van der Waals surface area contributed by atoms with Crippen LogP contribution in [-0.2, 0) is 0 Å². The van der Waals surface area contributed by atoms with Gasteiger partial charge in [0.15, 0.2) is 0 Å². The van der Waals surface area contributed by atoms with Crippen LogP contribution in [0.5, 0.6) is 0 Å². The van der Waals surface area contributed by atoms with Crippen molar-refractivity contribution in [3.05, 3.63) is 30.1 Å². The van der Waals surface area contributed by atoms with Crippen molar-refractivity contribution in [1.29, 1.82) is 0 Å². The Bertz CT molecular complexity index is 223. The van der Waals surface area contributed by atoms with Crippen molar-refractivity contribution in [3.8, 4) is 0 Å². The molecule has 0 atom stereocenters. The van der Waals surface area contributed by atoms with E-state index in [0.717, 1.165) is 17.1 Å². The molecule has 0 aliphatic rings. The predicted molar refractivity (Wildman–Crippen MR) is 47.4 cm³/mol. The molecule has 0 fully saturated rings. The van der Waals surface area contributed by atoms with Gasteiger partial charge in [-0.1, -0.05) is 13.0 Å². The van der Waals surface area contributed by atoms with Gasteiger partial charge in [-0.2, -0.15) is 0 Å². The van der Waals surface area contributed by atoms with Gasteiger partial charge in [0.2, 0.25) is 0 Å². The quantitative estimate of drug-likeness (QED) is 0.627. The highest BCUT2D eigenvalue weighted by atomic mass is 32.2. The molecular formula is C9H11FS. The Hall–Kier alpha value is -0.500. The molecule has 0 aliphatic carbocycles. The first kappa shape index (κ1) is 8.60. The molecule has 11 heavy (non-hydrogen) atoms. The summed E-state index contributed by atoms with van der Waals surface area (Å²) in [5.41, 5.74) is 0. The molecule has 0 heterocycles. The molecule has 0 aromatic heterocycles. The third-order valence-corrected chi connectivity index (χ3v) is 2.47. The third-order valence-electron chi connectivity index (χ3n) is 1.27. The molecule has 60 valence electrons. The Morgan fingerprint density at radius 3 is 2.91 bits per heavy atom. The van der Waals surface area contributed by atoms with Crippen molar-refractivity contribution >= 4 is 11.8 Å². The lowest BCUT2D eigenvalue weighted by molar-refractivity contribution is 0.624. The lowest BCUT2D eigenvalue weighted by Gasteiger charge is -1.97. The fourth-order valence-corrected chi connectivity index (χ4v) is 1.59. The zero-order valence-corrected chi connectivity index (χ0v) is 7.33. The van der Waals surface area contributed by atoms with Gasteiger partial charge in [-0.15, -0.1) is 11.8 Å². The van der Waals surface area contributed by atoms with Crippen molar-refractivity contribution in [2.24, 2.45) is 0 Å². The molecule has 0 amide bonds. The van der Waals surface area contributed by atoms with Gasteiger partial charge in [-0.3, -0.25) is 0 Å². The van der Waals surface area contributed by atoms with Gasteiger partial charge in [-0.25, -0.2) is 4.39 Å². The summed E-state index contributed by atoms with van der Waals surface area (Å²) < 4.78 is 12.6. The molecule has 0 radical (unpaired) electrons. The molecule has 0 aliphatic heterocycles. The Balaban J connectivity index is 2.56. The first-order valence-corrected chi connectivity index (χ1v) is 4.70. The van der Waals surface area contributed by atoms with Gasteiger partial charge in [0.05, 0.1) is 0 Å². The fourth-order valence-electron chi connectivity index (χ4n) is 0.777. The normalized spacial score (nSPS) is 10.0. The van der Waals surface area contributed by atoms with Crippen LogP contribution in [0.2, 0.25) is 0 Å². The highest BCUT2D eigenvalue weighted by Gasteiger charge is 1.93. The molecule has 0 saturated carbocycles. The van der Waals surface area contributed by atoms with E-state index in [1.807, 2.05) is 6.07 Å². The molecule has 2 heteroatoms. The van der Waals surface area contributed by atoms with Crippen LogP contribution in [0, 0.1) is 5.82 Å². The lowest BCUT2D eigenvalue weighted by Crippen LogP contribution is -1.77. The van der Waals surface area contributed by atoms with E-state index in [1.54, 1.807) is 23.9 Å². The van der Waals surface area contributed by atoms with Gasteiger partial charge in [0.1, 0.15) is 5.82 Å². The number of benzene rings is 1. The van der Waals surface area contributed by atoms with E-state index < -0.39 is 0 Å². The molecule has 0 saturated heterocycles. The van der Waals surface area contributed by atoms with Crippen molar-refractivity contribution in [2.45, 2.75) is 18.2 Å². The van der Waals surface area contributed by atoms with Crippen LogP contribution in [-0.4, -0.2) is 5.75 Å². The van der Waals surface area contributed by atoms with E-state index >= 15 is 0 Å². The van der Waals surface area contributed by atoms with Crippen molar-refractivity contribution in [3.63, 3.8) is 0 Å². The standard InChI is InChI=1S/C9H11FS/c1-2-6-11-9-5-3-4-8(10)7-9/h3-5,7H,2,6H2,1H3. The maximum atomic E-state index is 12.6. The average Bonchev–Trinajstić information content (AvgIpc) is 2.01. The van der Waals surface area contributed by atoms with E-state index in [1.165, 1.54) is 6.07 Å². The summed E-state index contributed by atoms with van der Waals surface area (Å²) in [6, 6.07) is 6.72. The highest BCUT2D eigenvalue weighted by Crippen LogP contribution is 2.18. The molecule has 1 rings (SSSR count). The van der Waals surface area contributed by atoms with Crippen molar-refractivity contribution in [1.82, 2.24) is 0 Å². The zero-order chi connectivity index (χ0) is 8.10. The van der Waals surface area contributed by atoms with Crippen molar-refractivity contribution < 1.29 is 4.39 Å². The largest absolute Gasteiger partial charge is 0.207 e. The summed E-state index contributed by atoms with van der Waals surface area (Å²) in [5.74, 6) is 0.912. The van der Waals surface area contributed by atoms with E-state index in [9.17, 15) is 4.39 Å². The Labute approximate surface area is 70.8 Å². The van der Waals surface area contributed by atoms with Crippen LogP contribution >= 0.6 is 11.8 Å². The lowest BCUT2D eigenvalue weighted by atomic mass is 10.4. The van der Waals surface area contributed by atoms with Crippen LogP contribution in [0.1, 0.15) is 13.3 Å². The number of thioether (sulfide) groups is 1. The third kappa shape index (κ3) is 2.93. The summed E-state index contributed by atoms with van der Waals surface area (Å²) >= 11 is 1.69. The minimum atomic E-state index is -0.147. The molecule has 1 aromatic carbocycles. The molecule has 0 bridgehead atoms. The van der Waals surface area contributed by atoms with Crippen LogP contribution in [0.15, 0.2) is 29.2 Å². The average molecular weight is 170 g/mol. The second-order valence-electron chi connectivity index (χ2n) is 2.31. The zero-order valence-electron chi connectivity index (χ0n) is 6.51. The van der Waals surface area contributed by atoms with Crippen LogP contribution in [0.25, 0.3) is 0 Å². The second kappa shape index (κ2) is 4.39. The van der Waals surface area contributed by atoms with Crippen LogP contribution in [0.4, 0.5) is 4.39 Å². The second-order valence-corrected chi connectivity index (χ2v) is 3.47. The van der Waals surface area contributed by atoms with Crippen LogP contribution in [0.3, 0.4) is 0 Å². The molecule has 0 N–H and O–H groups in total. The van der Waals surface area contributed by atoms with E-state index in [2.05, 4.69) is 6.92 Å².